The molecule has 0 aliphatic rings. The quantitative estimate of drug-likeness (QED) is 0.0215. The van der Waals surface area contributed by atoms with Gasteiger partial charge in [0.15, 0.2) is 0 Å². The number of allylic oxidation sites excluding steroid dienone is 14. The number of carbonyl (C=O) groups is 1. The smallest absolute Gasteiger partial charge is 0.457 e. The van der Waals surface area contributed by atoms with Crippen LogP contribution in [0.2, 0.25) is 0 Å². The first-order valence-corrected chi connectivity index (χ1v) is 24.8. The van der Waals surface area contributed by atoms with Gasteiger partial charge in [-0.2, -0.15) is 0 Å². The Morgan fingerprint density at radius 3 is 1.39 bits per heavy atom. The number of likely N-dealkylation sites (N-methyl/N-ethyl adjacent to an activating group) is 1. The van der Waals surface area contributed by atoms with Crippen LogP contribution in [0.15, 0.2) is 85.1 Å². The van der Waals surface area contributed by atoms with Gasteiger partial charge in [0.25, 0.3) is 0 Å². The molecule has 0 saturated heterocycles. The Bertz CT molecular complexity index is 1210. The second-order valence-electron chi connectivity index (χ2n) is 16.4. The van der Waals surface area contributed by atoms with Gasteiger partial charge in [-0.25, -0.2) is 4.57 Å². The Balaban J connectivity index is 4.25. The number of nitrogens with zero attached hydrogens (tertiary/aromatic N) is 1. The van der Waals surface area contributed by atoms with E-state index in [0.29, 0.717) is 24.1 Å². The van der Waals surface area contributed by atoms with E-state index in [-0.39, 0.29) is 25.8 Å². The fraction of sp³-hybridized carbons (Fsp3) is 0.700. The van der Waals surface area contributed by atoms with Gasteiger partial charge in [-0.15, -0.1) is 0 Å². The molecule has 0 spiro atoms. The molecule has 0 radical (unpaired) electrons. The maximum atomic E-state index is 12.7. The van der Waals surface area contributed by atoms with Crippen molar-refractivity contribution in [3.05, 3.63) is 85.1 Å². The lowest BCUT2D eigenvalue weighted by Gasteiger charge is -2.24. The highest BCUT2D eigenvalue weighted by Crippen LogP contribution is 2.43. The average molecular weight is 847 g/mol. The Morgan fingerprint density at radius 1 is 0.525 bits per heavy atom. The number of hydrogen-bond donors (Lipinski definition) is 1. The van der Waals surface area contributed by atoms with E-state index in [1.807, 2.05) is 21.1 Å². The summed E-state index contributed by atoms with van der Waals surface area (Å²) >= 11 is 0. The SMILES string of the molecule is CC/C=C\C/C=C\C/C=C\C/C=C\CCCCCCCCCOCC(COP(=O)(O)OCC[N+](C)(C)C)OC(=O)CCCCCCCCC/C=C\C/C=C\C/C=C\CC. The second kappa shape index (κ2) is 42.4. The van der Waals surface area contributed by atoms with Crippen LogP contribution < -0.4 is 0 Å². The van der Waals surface area contributed by atoms with Crippen LogP contribution in [0.4, 0.5) is 0 Å². The van der Waals surface area contributed by atoms with Crippen molar-refractivity contribution in [2.45, 2.75) is 174 Å². The van der Waals surface area contributed by atoms with Crippen molar-refractivity contribution in [3.63, 3.8) is 0 Å². The molecule has 0 heterocycles. The van der Waals surface area contributed by atoms with Crippen molar-refractivity contribution >= 4 is 13.8 Å². The van der Waals surface area contributed by atoms with Crippen LogP contribution in [0.3, 0.4) is 0 Å². The summed E-state index contributed by atoms with van der Waals surface area (Å²) in [5, 5.41) is 0. The zero-order valence-corrected chi connectivity index (χ0v) is 39.4. The van der Waals surface area contributed by atoms with Crippen LogP contribution in [-0.4, -0.2) is 75.6 Å². The van der Waals surface area contributed by atoms with Crippen LogP contribution in [0.5, 0.6) is 0 Å². The van der Waals surface area contributed by atoms with E-state index in [0.717, 1.165) is 89.9 Å². The largest absolute Gasteiger partial charge is 0.472 e. The van der Waals surface area contributed by atoms with Crippen molar-refractivity contribution < 1.29 is 37.3 Å². The van der Waals surface area contributed by atoms with E-state index in [2.05, 4.69) is 98.9 Å². The monoisotopic (exact) mass is 847 g/mol. The normalized spacial score (nSPS) is 14.5. The number of esters is 1. The van der Waals surface area contributed by atoms with Gasteiger partial charge in [-0.05, 0) is 83.5 Å². The van der Waals surface area contributed by atoms with Crippen LogP contribution in [0, 0.1) is 0 Å². The number of unbranched alkanes of at least 4 members (excludes halogenated alkanes) is 14. The molecule has 0 aromatic carbocycles. The highest BCUT2D eigenvalue weighted by atomic mass is 31.2. The Kier molecular flexibility index (Phi) is 40.7. The van der Waals surface area contributed by atoms with E-state index in [1.165, 1.54) is 57.8 Å². The molecule has 1 N–H and O–H groups in total. The molecular formula is C50H89NO7P+. The molecule has 340 valence electrons. The van der Waals surface area contributed by atoms with Crippen LogP contribution >= 0.6 is 7.82 Å². The summed E-state index contributed by atoms with van der Waals surface area (Å²) in [4.78, 5) is 22.9. The summed E-state index contributed by atoms with van der Waals surface area (Å²) in [5.41, 5.74) is 0. The van der Waals surface area contributed by atoms with Gasteiger partial charge in [0.2, 0.25) is 0 Å². The highest BCUT2D eigenvalue weighted by Gasteiger charge is 2.26. The lowest BCUT2D eigenvalue weighted by molar-refractivity contribution is -0.870. The molecule has 0 saturated carbocycles. The molecule has 0 bridgehead atoms. The van der Waals surface area contributed by atoms with Crippen LogP contribution in [-0.2, 0) is 27.9 Å². The Morgan fingerprint density at radius 2 is 0.932 bits per heavy atom. The lowest BCUT2D eigenvalue weighted by Crippen LogP contribution is -2.37. The number of quaternary nitrogens is 1. The first kappa shape index (κ1) is 56.7. The third-order valence-electron chi connectivity index (χ3n) is 9.45. The fourth-order valence-electron chi connectivity index (χ4n) is 5.91. The minimum atomic E-state index is -4.29. The molecule has 0 aromatic heterocycles. The maximum absolute atomic E-state index is 12.7. The summed E-state index contributed by atoms with van der Waals surface area (Å²) < 4.78 is 35.1. The van der Waals surface area contributed by atoms with E-state index in [1.54, 1.807) is 0 Å². The van der Waals surface area contributed by atoms with Gasteiger partial charge >= 0.3 is 13.8 Å². The van der Waals surface area contributed by atoms with Crippen molar-refractivity contribution in [3.8, 4) is 0 Å². The van der Waals surface area contributed by atoms with Gasteiger partial charge in [0, 0.05) is 13.0 Å². The van der Waals surface area contributed by atoms with E-state index in [4.69, 9.17) is 18.5 Å². The minimum absolute atomic E-state index is 0.0794. The number of ether oxygens (including phenoxy) is 2. The number of rotatable bonds is 42. The lowest BCUT2D eigenvalue weighted by atomic mass is 10.1. The van der Waals surface area contributed by atoms with Gasteiger partial charge in [-0.1, -0.05) is 163 Å². The first-order valence-electron chi connectivity index (χ1n) is 23.3. The molecule has 0 fully saturated rings. The summed E-state index contributed by atoms with van der Waals surface area (Å²) in [5.74, 6) is -0.332. The van der Waals surface area contributed by atoms with Crippen LogP contribution in [0.1, 0.15) is 168 Å². The summed E-state index contributed by atoms with van der Waals surface area (Å²) in [6.45, 7) is 5.34. The molecule has 2 unspecified atom stereocenters. The Hall–Kier alpha value is -2.32. The van der Waals surface area contributed by atoms with Gasteiger partial charge in [0.1, 0.15) is 19.3 Å². The highest BCUT2D eigenvalue weighted by molar-refractivity contribution is 7.47. The molecular weight excluding hydrogens is 758 g/mol. The minimum Gasteiger partial charge on any atom is -0.457 e. The van der Waals surface area contributed by atoms with Crippen LogP contribution in [0.25, 0.3) is 0 Å². The molecule has 0 aliphatic heterocycles. The van der Waals surface area contributed by atoms with Crippen molar-refractivity contribution in [1.29, 1.82) is 0 Å². The maximum Gasteiger partial charge on any atom is 0.472 e. The summed E-state index contributed by atoms with van der Waals surface area (Å²) in [6, 6.07) is 0. The summed E-state index contributed by atoms with van der Waals surface area (Å²) in [6.07, 6.45) is 56.2. The van der Waals surface area contributed by atoms with E-state index in [9.17, 15) is 14.3 Å². The zero-order chi connectivity index (χ0) is 43.4. The second-order valence-corrected chi connectivity index (χ2v) is 17.8. The number of carbonyl (C=O) groups excluding carboxylic acids is 1. The molecule has 0 amide bonds. The van der Waals surface area contributed by atoms with Crippen molar-refractivity contribution in [1.82, 2.24) is 0 Å². The average Bonchev–Trinajstić information content (AvgIpc) is 3.19. The third-order valence-corrected chi connectivity index (χ3v) is 10.4. The van der Waals surface area contributed by atoms with E-state index >= 15 is 0 Å². The molecule has 0 aromatic rings. The standard InChI is InChI=1S/C50H88NO7P/c1-6-8-10-12-14-16-18-20-22-24-25-26-28-30-32-34-36-38-40-42-45-55-47-49(48-57-59(53,54)56-46-44-51(3,4)5)58-50(52)43-41-39-37-35-33-31-29-27-23-21-19-17-15-13-11-9-7-2/h8-11,14-17,20-23,25-26,49H,6-7,12-13,18-19,24,27-48H2,1-5H3/p+1/b10-8-,11-9-,16-14-,17-15-,22-20-,23-21-,26-25-. The number of hydrogen-bond acceptors (Lipinski definition) is 6. The molecule has 0 rings (SSSR count). The molecule has 8 nitrogen and oxygen atoms in total. The van der Waals surface area contributed by atoms with Gasteiger partial charge < -0.3 is 18.9 Å². The molecule has 9 heteroatoms. The van der Waals surface area contributed by atoms with Gasteiger partial charge in [-0.3, -0.25) is 13.8 Å². The predicted octanol–water partition coefficient (Wildman–Crippen LogP) is 14.1. The zero-order valence-electron chi connectivity index (χ0n) is 38.5. The predicted molar refractivity (Wildman–Crippen MR) is 251 cm³/mol. The van der Waals surface area contributed by atoms with Crippen molar-refractivity contribution in [2.75, 3.05) is 54.1 Å². The number of phosphoric ester groups is 1. The number of phosphoric acid groups is 1. The molecule has 2 atom stereocenters. The van der Waals surface area contributed by atoms with E-state index < -0.39 is 13.9 Å². The fourth-order valence-corrected chi connectivity index (χ4v) is 6.65. The van der Waals surface area contributed by atoms with Gasteiger partial charge in [0.05, 0.1) is 34.4 Å². The molecule has 0 aliphatic carbocycles. The summed E-state index contributed by atoms with van der Waals surface area (Å²) in [7, 11) is 1.64. The molecule has 59 heavy (non-hydrogen) atoms. The Labute approximate surface area is 363 Å². The van der Waals surface area contributed by atoms with Crippen molar-refractivity contribution in [2.24, 2.45) is 0 Å². The third kappa shape index (κ3) is 46.6. The first-order chi connectivity index (χ1) is 28.6. The topological polar surface area (TPSA) is 91.3 Å².